The van der Waals surface area contributed by atoms with E-state index in [9.17, 15) is 14.5 Å². The lowest BCUT2D eigenvalue weighted by molar-refractivity contribution is -0.156. The molecule has 7 heteroatoms. The SMILES string of the molecule is COC(=O)C(O)(c1ccccc1)P(=O)(OC)OC. The van der Waals surface area contributed by atoms with Crippen LogP contribution in [0.4, 0.5) is 0 Å². The van der Waals surface area contributed by atoms with Crippen molar-refractivity contribution in [2.75, 3.05) is 21.3 Å². The summed E-state index contributed by atoms with van der Waals surface area (Å²) in [5.74, 6) is -1.11. The van der Waals surface area contributed by atoms with E-state index in [2.05, 4.69) is 4.74 Å². The van der Waals surface area contributed by atoms with Crippen molar-refractivity contribution in [3.63, 3.8) is 0 Å². The fourth-order valence-corrected chi connectivity index (χ4v) is 3.00. The summed E-state index contributed by atoms with van der Waals surface area (Å²) in [6.07, 6.45) is 0. The van der Waals surface area contributed by atoms with Gasteiger partial charge in [0.25, 0.3) is 5.34 Å². The van der Waals surface area contributed by atoms with Crippen LogP contribution in [-0.2, 0) is 28.5 Å². The number of carbonyl (C=O) groups excluding carboxylic acids is 1. The van der Waals surface area contributed by atoms with Crippen LogP contribution >= 0.6 is 7.60 Å². The lowest BCUT2D eigenvalue weighted by Crippen LogP contribution is -2.37. The Balaban J connectivity index is 3.46. The lowest BCUT2D eigenvalue weighted by atomic mass is 10.1. The van der Waals surface area contributed by atoms with Crippen LogP contribution in [0.2, 0.25) is 0 Å². The van der Waals surface area contributed by atoms with Crippen molar-refractivity contribution in [2.24, 2.45) is 0 Å². The highest BCUT2D eigenvalue weighted by Crippen LogP contribution is 2.62. The Morgan fingerprint density at radius 2 is 1.67 bits per heavy atom. The summed E-state index contributed by atoms with van der Waals surface area (Å²) in [4.78, 5) is 11.8. The van der Waals surface area contributed by atoms with Gasteiger partial charge in [-0.3, -0.25) is 4.57 Å². The molecule has 1 aromatic rings. The summed E-state index contributed by atoms with van der Waals surface area (Å²) in [5, 5.41) is 7.99. The van der Waals surface area contributed by atoms with E-state index in [1.807, 2.05) is 0 Å². The zero-order chi connectivity index (χ0) is 13.8. The molecule has 0 saturated heterocycles. The van der Waals surface area contributed by atoms with Gasteiger partial charge in [-0.15, -0.1) is 0 Å². The van der Waals surface area contributed by atoms with Crippen LogP contribution in [0.1, 0.15) is 5.56 Å². The molecule has 0 aromatic heterocycles. The third-order valence-corrected chi connectivity index (χ3v) is 4.72. The molecule has 100 valence electrons. The van der Waals surface area contributed by atoms with Gasteiger partial charge in [-0.2, -0.15) is 0 Å². The molecule has 1 N–H and O–H groups in total. The van der Waals surface area contributed by atoms with Gasteiger partial charge >= 0.3 is 13.6 Å². The summed E-state index contributed by atoms with van der Waals surface area (Å²) in [5.41, 5.74) is 0.0730. The first-order chi connectivity index (χ1) is 8.46. The molecule has 1 aromatic carbocycles. The first-order valence-electron chi connectivity index (χ1n) is 5.04. The second kappa shape index (κ2) is 5.63. The predicted molar refractivity (Wildman–Crippen MR) is 64.0 cm³/mol. The van der Waals surface area contributed by atoms with Crippen molar-refractivity contribution < 1.29 is 28.3 Å². The Kier molecular flexibility index (Phi) is 4.65. The molecule has 0 heterocycles. The topological polar surface area (TPSA) is 82.1 Å². The smallest absolute Gasteiger partial charge is 0.377 e. The lowest BCUT2D eigenvalue weighted by Gasteiger charge is -2.30. The van der Waals surface area contributed by atoms with E-state index in [1.165, 1.54) is 12.1 Å². The highest BCUT2D eigenvalue weighted by atomic mass is 31.2. The third kappa shape index (κ3) is 2.20. The first-order valence-corrected chi connectivity index (χ1v) is 6.58. The van der Waals surface area contributed by atoms with Gasteiger partial charge < -0.3 is 18.9 Å². The van der Waals surface area contributed by atoms with E-state index in [0.29, 0.717) is 0 Å². The van der Waals surface area contributed by atoms with Crippen molar-refractivity contribution in [3.05, 3.63) is 35.9 Å². The Bertz CT molecular complexity index is 452. The molecule has 1 unspecified atom stereocenters. The monoisotopic (exact) mass is 274 g/mol. The number of benzene rings is 1. The van der Waals surface area contributed by atoms with Crippen LogP contribution < -0.4 is 0 Å². The molecule has 1 atom stereocenters. The zero-order valence-electron chi connectivity index (χ0n) is 10.3. The van der Waals surface area contributed by atoms with Crippen molar-refractivity contribution >= 4 is 13.6 Å². The highest BCUT2D eigenvalue weighted by molar-refractivity contribution is 7.56. The number of ether oxygens (including phenoxy) is 1. The molecule has 0 saturated carbocycles. The van der Waals surface area contributed by atoms with E-state index in [-0.39, 0.29) is 5.56 Å². The summed E-state index contributed by atoms with van der Waals surface area (Å²) < 4.78 is 26.3. The number of methoxy groups -OCH3 is 1. The fourth-order valence-electron chi connectivity index (χ4n) is 1.54. The van der Waals surface area contributed by atoms with Gasteiger partial charge in [0, 0.05) is 19.8 Å². The van der Waals surface area contributed by atoms with Crippen molar-refractivity contribution in [1.29, 1.82) is 0 Å². The standard InChI is InChI=1S/C11H15O6P/c1-15-10(12)11(13,18(14,16-2)17-3)9-7-5-4-6-8-9/h4-8,13H,1-3H3. The van der Waals surface area contributed by atoms with Crippen LogP contribution in [0.15, 0.2) is 30.3 Å². The van der Waals surface area contributed by atoms with E-state index in [0.717, 1.165) is 21.3 Å². The number of rotatable bonds is 5. The van der Waals surface area contributed by atoms with E-state index >= 15 is 0 Å². The van der Waals surface area contributed by atoms with Crippen molar-refractivity contribution in [1.82, 2.24) is 0 Å². The maximum Gasteiger partial charge on any atom is 0.377 e. The molecule has 0 aliphatic rings. The molecule has 0 spiro atoms. The maximum atomic E-state index is 12.4. The van der Waals surface area contributed by atoms with Gasteiger partial charge in [0.1, 0.15) is 0 Å². The Morgan fingerprint density at radius 3 is 2.06 bits per heavy atom. The largest absolute Gasteiger partial charge is 0.466 e. The predicted octanol–water partition coefficient (Wildman–Crippen LogP) is 1.49. The van der Waals surface area contributed by atoms with Crippen molar-refractivity contribution in [3.8, 4) is 0 Å². The molecule has 0 bridgehead atoms. The van der Waals surface area contributed by atoms with Crippen molar-refractivity contribution in [2.45, 2.75) is 5.34 Å². The van der Waals surface area contributed by atoms with Crippen LogP contribution in [-0.4, -0.2) is 32.4 Å². The average Bonchev–Trinajstić information content (AvgIpc) is 2.45. The normalized spacial score (nSPS) is 14.9. The number of hydrogen-bond donors (Lipinski definition) is 1. The second-order valence-corrected chi connectivity index (χ2v) is 5.76. The summed E-state index contributed by atoms with van der Waals surface area (Å²) in [6, 6.07) is 7.72. The molecule has 0 radical (unpaired) electrons. The molecule has 18 heavy (non-hydrogen) atoms. The third-order valence-electron chi connectivity index (χ3n) is 2.52. The Morgan fingerprint density at radius 1 is 1.17 bits per heavy atom. The first kappa shape index (κ1) is 14.9. The molecule has 6 nitrogen and oxygen atoms in total. The zero-order valence-corrected chi connectivity index (χ0v) is 11.2. The number of hydrogen-bond acceptors (Lipinski definition) is 6. The average molecular weight is 274 g/mol. The van der Waals surface area contributed by atoms with Gasteiger partial charge in [-0.25, -0.2) is 4.79 Å². The van der Waals surface area contributed by atoms with Crippen LogP contribution in [0.5, 0.6) is 0 Å². The molecule has 1 rings (SSSR count). The molecule has 0 aliphatic heterocycles. The highest BCUT2D eigenvalue weighted by Gasteiger charge is 2.57. The number of esters is 1. The minimum Gasteiger partial charge on any atom is -0.466 e. The van der Waals surface area contributed by atoms with E-state index < -0.39 is 18.9 Å². The summed E-state index contributed by atoms with van der Waals surface area (Å²) in [6.45, 7) is 0. The van der Waals surface area contributed by atoms with Gasteiger partial charge in [-0.05, 0) is 0 Å². The van der Waals surface area contributed by atoms with Gasteiger partial charge in [0.2, 0.25) is 0 Å². The molecular weight excluding hydrogens is 259 g/mol. The Labute approximate surface area is 105 Å². The van der Waals surface area contributed by atoms with Crippen LogP contribution in [0.25, 0.3) is 0 Å². The van der Waals surface area contributed by atoms with Crippen LogP contribution in [0, 0.1) is 0 Å². The minimum absolute atomic E-state index is 0.0730. The van der Waals surface area contributed by atoms with E-state index in [1.54, 1.807) is 18.2 Å². The number of carbonyl (C=O) groups is 1. The minimum atomic E-state index is -4.12. The van der Waals surface area contributed by atoms with Crippen LogP contribution in [0.3, 0.4) is 0 Å². The van der Waals surface area contributed by atoms with E-state index in [4.69, 9.17) is 9.05 Å². The van der Waals surface area contributed by atoms with Gasteiger partial charge in [0.15, 0.2) is 0 Å². The summed E-state index contributed by atoms with van der Waals surface area (Å²) >= 11 is 0. The number of aliphatic hydroxyl groups is 1. The molecular formula is C11H15O6P. The Hall–Kier alpha value is -1.20. The second-order valence-electron chi connectivity index (χ2n) is 3.39. The van der Waals surface area contributed by atoms with Gasteiger partial charge in [0.05, 0.1) is 7.11 Å². The molecule has 0 amide bonds. The summed E-state index contributed by atoms with van der Waals surface area (Å²) in [7, 11) is -0.873. The molecule has 0 aliphatic carbocycles. The maximum absolute atomic E-state index is 12.4. The fraction of sp³-hybridized carbons (Fsp3) is 0.364. The van der Waals surface area contributed by atoms with Gasteiger partial charge in [-0.1, -0.05) is 30.3 Å². The molecule has 0 fully saturated rings. The quantitative estimate of drug-likeness (QED) is 0.647.